The molecule has 6 nitrogen and oxygen atoms in total. The summed E-state index contributed by atoms with van der Waals surface area (Å²) in [7, 11) is 1.28. The van der Waals surface area contributed by atoms with Crippen LogP contribution in [-0.2, 0) is 9.53 Å². The summed E-state index contributed by atoms with van der Waals surface area (Å²) in [6.07, 6.45) is 0.576. The molecule has 6 heteroatoms. The molecule has 2 rings (SSSR count). The summed E-state index contributed by atoms with van der Waals surface area (Å²) in [5.41, 5.74) is 1.70. The Hall–Kier alpha value is -2.55. The molecule has 0 atom stereocenters. The first-order valence-corrected chi connectivity index (χ1v) is 7.55. The Labute approximate surface area is 136 Å². The summed E-state index contributed by atoms with van der Waals surface area (Å²) in [5.74, 6) is -0.519. The number of amides is 2. The molecule has 1 aliphatic heterocycles. The van der Waals surface area contributed by atoms with Crippen LogP contribution in [0.15, 0.2) is 18.2 Å². The molecule has 0 spiro atoms. The van der Waals surface area contributed by atoms with E-state index in [0.29, 0.717) is 13.1 Å². The van der Waals surface area contributed by atoms with Gasteiger partial charge in [0.15, 0.2) is 5.41 Å². The van der Waals surface area contributed by atoms with Crippen LogP contribution in [-0.4, -0.2) is 37.1 Å². The maximum Gasteiger partial charge on any atom is 0.326 e. The maximum atomic E-state index is 12.4. The van der Waals surface area contributed by atoms with Crippen molar-refractivity contribution in [2.45, 2.75) is 26.7 Å². The molecule has 0 unspecified atom stereocenters. The van der Waals surface area contributed by atoms with Crippen LogP contribution in [0.1, 0.15) is 24.0 Å². The van der Waals surface area contributed by atoms with Gasteiger partial charge in [-0.15, -0.1) is 0 Å². The number of ether oxygens (including phenoxy) is 1. The minimum Gasteiger partial charge on any atom is -0.468 e. The molecule has 1 fully saturated rings. The molecular weight excluding hydrogens is 294 g/mol. The SMILES string of the molecule is COC(=O)C1(C#N)CCN(C(=O)Nc2cc(C)ccc2C)CC1. The number of piperidine rings is 1. The van der Waals surface area contributed by atoms with E-state index in [4.69, 9.17) is 4.74 Å². The lowest BCUT2D eigenvalue weighted by Gasteiger charge is -2.35. The van der Waals surface area contributed by atoms with Gasteiger partial charge in [0.1, 0.15) is 0 Å². The highest BCUT2D eigenvalue weighted by molar-refractivity contribution is 5.90. The fourth-order valence-electron chi connectivity index (χ4n) is 2.71. The monoisotopic (exact) mass is 315 g/mol. The lowest BCUT2D eigenvalue weighted by Crippen LogP contribution is -2.47. The highest BCUT2D eigenvalue weighted by atomic mass is 16.5. The minimum absolute atomic E-state index is 0.213. The Morgan fingerprint density at radius 3 is 2.52 bits per heavy atom. The number of urea groups is 1. The van der Waals surface area contributed by atoms with Crippen molar-refractivity contribution in [3.8, 4) is 6.07 Å². The number of hydrogen-bond acceptors (Lipinski definition) is 4. The van der Waals surface area contributed by atoms with Gasteiger partial charge in [0.25, 0.3) is 0 Å². The lowest BCUT2D eigenvalue weighted by atomic mass is 9.80. The van der Waals surface area contributed by atoms with Crippen LogP contribution in [0.5, 0.6) is 0 Å². The molecule has 1 N–H and O–H groups in total. The van der Waals surface area contributed by atoms with Crippen LogP contribution in [0.4, 0.5) is 10.5 Å². The van der Waals surface area contributed by atoms with E-state index in [1.807, 2.05) is 32.0 Å². The van der Waals surface area contributed by atoms with Gasteiger partial charge in [-0.3, -0.25) is 4.79 Å². The summed E-state index contributed by atoms with van der Waals surface area (Å²) in [6, 6.07) is 7.72. The highest BCUT2D eigenvalue weighted by Gasteiger charge is 2.43. The Balaban J connectivity index is 2.03. The van der Waals surface area contributed by atoms with Crippen LogP contribution in [0.2, 0.25) is 0 Å². The third-order valence-corrected chi connectivity index (χ3v) is 4.33. The predicted molar refractivity (Wildman–Crippen MR) is 85.8 cm³/mol. The number of nitriles is 1. The van der Waals surface area contributed by atoms with Gasteiger partial charge in [0.05, 0.1) is 13.2 Å². The van der Waals surface area contributed by atoms with Crippen LogP contribution < -0.4 is 5.32 Å². The second-order valence-corrected chi connectivity index (χ2v) is 5.92. The average molecular weight is 315 g/mol. The molecule has 1 aromatic rings. The average Bonchev–Trinajstić information content (AvgIpc) is 2.57. The number of nitrogens with zero attached hydrogens (tertiary/aromatic N) is 2. The fourth-order valence-corrected chi connectivity index (χ4v) is 2.71. The number of nitrogens with one attached hydrogen (secondary N) is 1. The molecule has 23 heavy (non-hydrogen) atoms. The number of aryl methyl sites for hydroxylation is 2. The third kappa shape index (κ3) is 3.45. The van der Waals surface area contributed by atoms with Gasteiger partial charge in [-0.05, 0) is 43.9 Å². The van der Waals surface area contributed by atoms with Crippen molar-refractivity contribution in [3.05, 3.63) is 29.3 Å². The van der Waals surface area contributed by atoms with Gasteiger partial charge in [0, 0.05) is 18.8 Å². The van der Waals surface area contributed by atoms with E-state index in [9.17, 15) is 14.9 Å². The minimum atomic E-state index is -1.13. The summed E-state index contributed by atoms with van der Waals surface area (Å²) in [6.45, 7) is 4.59. The van der Waals surface area contributed by atoms with Crippen molar-refractivity contribution in [2.75, 3.05) is 25.5 Å². The number of likely N-dealkylation sites (tertiary alicyclic amines) is 1. The van der Waals surface area contributed by atoms with Crippen molar-refractivity contribution in [2.24, 2.45) is 5.41 Å². The molecule has 0 bridgehead atoms. The topological polar surface area (TPSA) is 82.4 Å². The first-order valence-electron chi connectivity index (χ1n) is 7.55. The zero-order valence-corrected chi connectivity index (χ0v) is 13.7. The van der Waals surface area contributed by atoms with E-state index in [0.717, 1.165) is 16.8 Å². The first-order chi connectivity index (χ1) is 10.9. The maximum absolute atomic E-state index is 12.4. The van der Waals surface area contributed by atoms with E-state index >= 15 is 0 Å². The third-order valence-electron chi connectivity index (χ3n) is 4.33. The number of rotatable bonds is 2. The predicted octanol–water partition coefficient (Wildman–Crippen LogP) is 2.61. The van der Waals surface area contributed by atoms with Crippen LogP contribution >= 0.6 is 0 Å². The zero-order chi connectivity index (χ0) is 17.0. The molecule has 1 aliphatic rings. The van der Waals surface area contributed by atoms with Crippen molar-refractivity contribution in [1.82, 2.24) is 4.90 Å². The number of carbonyl (C=O) groups excluding carboxylic acids is 2. The summed E-state index contributed by atoms with van der Waals surface area (Å²) >= 11 is 0. The van der Waals surface area contributed by atoms with Crippen LogP contribution in [0.25, 0.3) is 0 Å². The van der Waals surface area contributed by atoms with E-state index < -0.39 is 11.4 Å². The number of anilines is 1. The molecular formula is C17H21N3O3. The van der Waals surface area contributed by atoms with Crippen molar-refractivity contribution in [1.29, 1.82) is 5.26 Å². The van der Waals surface area contributed by atoms with Gasteiger partial charge in [-0.25, -0.2) is 4.79 Å². The van der Waals surface area contributed by atoms with Crippen LogP contribution in [0.3, 0.4) is 0 Å². The Bertz CT molecular complexity index is 656. The number of benzene rings is 1. The van der Waals surface area contributed by atoms with Gasteiger partial charge in [0.2, 0.25) is 0 Å². The standard InChI is InChI=1S/C17H21N3O3/c1-12-4-5-13(2)14(10-12)19-16(22)20-8-6-17(11-18,7-9-20)15(21)23-3/h4-5,10H,6-9H2,1-3H3,(H,19,22). The zero-order valence-electron chi connectivity index (χ0n) is 13.7. The summed E-state index contributed by atoms with van der Waals surface area (Å²) in [5, 5.41) is 12.2. The molecule has 1 heterocycles. The van der Waals surface area contributed by atoms with E-state index in [2.05, 4.69) is 11.4 Å². The van der Waals surface area contributed by atoms with Crippen LogP contribution in [0, 0.1) is 30.6 Å². The largest absolute Gasteiger partial charge is 0.468 e. The highest BCUT2D eigenvalue weighted by Crippen LogP contribution is 2.32. The molecule has 0 aliphatic carbocycles. The van der Waals surface area contributed by atoms with E-state index in [-0.39, 0.29) is 18.9 Å². The number of esters is 1. The molecule has 0 aromatic heterocycles. The van der Waals surface area contributed by atoms with Crippen molar-refractivity contribution >= 4 is 17.7 Å². The molecule has 122 valence electrons. The Morgan fingerprint density at radius 2 is 1.96 bits per heavy atom. The van der Waals surface area contributed by atoms with E-state index in [1.165, 1.54) is 7.11 Å². The van der Waals surface area contributed by atoms with Gasteiger partial charge in [-0.1, -0.05) is 12.1 Å². The Kier molecular flexibility index (Phi) is 4.89. The molecule has 2 amide bonds. The van der Waals surface area contributed by atoms with Gasteiger partial charge >= 0.3 is 12.0 Å². The quantitative estimate of drug-likeness (QED) is 0.850. The molecule has 0 saturated carbocycles. The summed E-state index contributed by atoms with van der Waals surface area (Å²) in [4.78, 5) is 25.8. The number of methoxy groups -OCH3 is 1. The second kappa shape index (κ2) is 6.69. The molecule has 1 aromatic carbocycles. The van der Waals surface area contributed by atoms with E-state index in [1.54, 1.807) is 4.90 Å². The second-order valence-electron chi connectivity index (χ2n) is 5.92. The van der Waals surface area contributed by atoms with Crippen molar-refractivity contribution in [3.63, 3.8) is 0 Å². The number of hydrogen-bond donors (Lipinski definition) is 1. The van der Waals surface area contributed by atoms with Gasteiger partial charge < -0.3 is 15.0 Å². The molecule has 1 saturated heterocycles. The smallest absolute Gasteiger partial charge is 0.326 e. The number of carbonyl (C=O) groups is 2. The van der Waals surface area contributed by atoms with Gasteiger partial charge in [-0.2, -0.15) is 5.26 Å². The normalized spacial score (nSPS) is 16.3. The first kappa shape index (κ1) is 16.8. The molecule has 0 radical (unpaired) electrons. The summed E-state index contributed by atoms with van der Waals surface area (Å²) < 4.78 is 4.72. The lowest BCUT2D eigenvalue weighted by molar-refractivity contribution is -0.151. The fraction of sp³-hybridized carbons (Fsp3) is 0.471. The Morgan fingerprint density at radius 1 is 1.30 bits per heavy atom. The van der Waals surface area contributed by atoms with Crippen molar-refractivity contribution < 1.29 is 14.3 Å².